The summed E-state index contributed by atoms with van der Waals surface area (Å²) in [6.45, 7) is 1.28. The fourth-order valence-electron chi connectivity index (χ4n) is 3.99. The first kappa shape index (κ1) is 19.9. The van der Waals surface area contributed by atoms with Gasteiger partial charge in [0.25, 0.3) is 0 Å². The maximum absolute atomic E-state index is 12.9. The van der Waals surface area contributed by atoms with Gasteiger partial charge >= 0.3 is 5.97 Å². The predicted molar refractivity (Wildman–Crippen MR) is 107 cm³/mol. The highest BCUT2D eigenvalue weighted by atomic mass is 16.5. The molecule has 0 N–H and O–H groups in total. The van der Waals surface area contributed by atoms with Gasteiger partial charge in [0, 0.05) is 25.9 Å². The second-order valence-electron chi connectivity index (χ2n) is 7.32. The van der Waals surface area contributed by atoms with Gasteiger partial charge in [0.15, 0.2) is 28.8 Å². The molecule has 0 radical (unpaired) electrons. The van der Waals surface area contributed by atoms with E-state index in [9.17, 15) is 9.59 Å². The highest BCUT2D eigenvalue weighted by Crippen LogP contribution is 2.47. The standard InChI is InChI=1S/C21H23N3O6/c1-27-16-6-4-13-15(25)12-21(30-18(13)19(16)28-2)8-10-24(11-9-21)17-7-5-14(22-23-17)20(26)29-3/h4-7H,8-12H2,1-3H3. The second-order valence-corrected chi connectivity index (χ2v) is 7.32. The van der Waals surface area contributed by atoms with Crippen LogP contribution in [-0.4, -0.2) is 62.0 Å². The molecule has 0 unspecified atom stereocenters. The van der Waals surface area contributed by atoms with Gasteiger partial charge in [-0.1, -0.05) is 0 Å². The number of fused-ring (bicyclic) bond motifs is 1. The second kappa shape index (κ2) is 7.81. The maximum Gasteiger partial charge on any atom is 0.358 e. The van der Waals surface area contributed by atoms with Crippen molar-refractivity contribution in [2.45, 2.75) is 24.9 Å². The summed E-state index contributed by atoms with van der Waals surface area (Å²) in [7, 11) is 4.39. The molecule has 3 heterocycles. The van der Waals surface area contributed by atoms with Crippen LogP contribution in [0.25, 0.3) is 0 Å². The lowest BCUT2D eigenvalue weighted by Crippen LogP contribution is -2.51. The first-order chi connectivity index (χ1) is 14.5. The van der Waals surface area contributed by atoms with Gasteiger partial charge in [-0.2, -0.15) is 0 Å². The van der Waals surface area contributed by atoms with Gasteiger partial charge < -0.3 is 23.8 Å². The van der Waals surface area contributed by atoms with Crippen LogP contribution < -0.4 is 19.1 Å². The molecular weight excluding hydrogens is 390 g/mol. The first-order valence-corrected chi connectivity index (χ1v) is 9.64. The van der Waals surface area contributed by atoms with Gasteiger partial charge in [-0.05, 0) is 24.3 Å². The summed E-state index contributed by atoms with van der Waals surface area (Å²) in [4.78, 5) is 26.4. The first-order valence-electron chi connectivity index (χ1n) is 9.64. The minimum absolute atomic E-state index is 0.0351. The van der Waals surface area contributed by atoms with E-state index in [0.29, 0.717) is 61.0 Å². The Kier molecular flexibility index (Phi) is 5.19. The molecule has 2 aromatic rings. The fraction of sp³-hybridized carbons (Fsp3) is 0.429. The number of piperidine rings is 1. The van der Waals surface area contributed by atoms with E-state index in [0.717, 1.165) is 0 Å². The van der Waals surface area contributed by atoms with Crippen molar-refractivity contribution in [3.05, 3.63) is 35.5 Å². The Hall–Kier alpha value is -3.36. The van der Waals surface area contributed by atoms with Gasteiger partial charge in [-0.15, -0.1) is 10.2 Å². The lowest BCUT2D eigenvalue weighted by Gasteiger charge is -2.44. The number of esters is 1. The minimum atomic E-state index is -0.598. The van der Waals surface area contributed by atoms with E-state index in [1.165, 1.54) is 14.2 Å². The third-order valence-corrected chi connectivity index (χ3v) is 5.65. The molecule has 1 spiro atoms. The Balaban J connectivity index is 1.52. The molecule has 2 aliphatic heterocycles. The Morgan fingerprint density at radius 2 is 1.83 bits per heavy atom. The van der Waals surface area contributed by atoms with E-state index >= 15 is 0 Å². The van der Waals surface area contributed by atoms with Crippen molar-refractivity contribution in [3.8, 4) is 17.2 Å². The van der Waals surface area contributed by atoms with Crippen molar-refractivity contribution >= 4 is 17.6 Å². The van der Waals surface area contributed by atoms with Gasteiger partial charge in [0.1, 0.15) is 5.60 Å². The van der Waals surface area contributed by atoms with E-state index in [1.807, 2.05) is 0 Å². The fourth-order valence-corrected chi connectivity index (χ4v) is 3.99. The largest absolute Gasteiger partial charge is 0.493 e. The van der Waals surface area contributed by atoms with Crippen LogP contribution in [-0.2, 0) is 4.74 Å². The lowest BCUT2D eigenvalue weighted by molar-refractivity contribution is 0.0207. The molecule has 0 amide bonds. The molecule has 1 fully saturated rings. The Morgan fingerprint density at radius 3 is 2.43 bits per heavy atom. The number of ketones is 1. The highest BCUT2D eigenvalue weighted by molar-refractivity contribution is 6.01. The van der Waals surface area contributed by atoms with Crippen molar-refractivity contribution in [1.82, 2.24) is 10.2 Å². The van der Waals surface area contributed by atoms with Crippen LogP contribution >= 0.6 is 0 Å². The molecule has 0 aliphatic carbocycles. The third kappa shape index (κ3) is 3.40. The normalized spacial score (nSPS) is 17.2. The quantitative estimate of drug-likeness (QED) is 0.699. The van der Waals surface area contributed by atoms with E-state index in [1.54, 1.807) is 31.4 Å². The summed E-state index contributed by atoms with van der Waals surface area (Å²) in [6, 6.07) is 6.77. The van der Waals surface area contributed by atoms with Crippen molar-refractivity contribution in [2.24, 2.45) is 0 Å². The monoisotopic (exact) mass is 413 g/mol. The molecule has 2 aliphatic rings. The number of rotatable bonds is 4. The number of carbonyl (C=O) groups is 2. The molecule has 9 nitrogen and oxygen atoms in total. The van der Waals surface area contributed by atoms with E-state index in [-0.39, 0.29) is 11.5 Å². The number of methoxy groups -OCH3 is 3. The summed E-state index contributed by atoms with van der Waals surface area (Å²) in [6.07, 6.45) is 1.59. The average Bonchev–Trinajstić information content (AvgIpc) is 2.78. The lowest BCUT2D eigenvalue weighted by atomic mass is 9.82. The van der Waals surface area contributed by atoms with E-state index in [2.05, 4.69) is 19.8 Å². The summed E-state index contributed by atoms with van der Waals surface area (Å²) in [5.41, 5.74) is 0.0816. The van der Waals surface area contributed by atoms with Crippen LogP contribution in [0.5, 0.6) is 17.2 Å². The summed E-state index contributed by atoms with van der Waals surface area (Å²) < 4.78 is 21.9. The Labute approximate surface area is 173 Å². The van der Waals surface area contributed by atoms with E-state index < -0.39 is 11.6 Å². The molecule has 1 aromatic carbocycles. The molecule has 1 saturated heterocycles. The SMILES string of the molecule is COC(=O)c1ccc(N2CCC3(CC2)CC(=O)c2ccc(OC)c(OC)c2O3)nn1. The van der Waals surface area contributed by atoms with Crippen molar-refractivity contribution in [1.29, 1.82) is 0 Å². The molecule has 1 aromatic heterocycles. The number of Topliss-reactive ketones (excluding diaryl/α,β-unsaturated/α-hetero) is 1. The van der Waals surface area contributed by atoms with E-state index in [4.69, 9.17) is 14.2 Å². The number of hydrogen-bond acceptors (Lipinski definition) is 9. The van der Waals surface area contributed by atoms with Crippen LogP contribution in [0.2, 0.25) is 0 Å². The Morgan fingerprint density at radius 1 is 1.07 bits per heavy atom. The highest BCUT2D eigenvalue weighted by Gasteiger charge is 2.44. The van der Waals surface area contributed by atoms with Crippen molar-refractivity contribution in [3.63, 3.8) is 0 Å². The van der Waals surface area contributed by atoms with Crippen LogP contribution in [0, 0.1) is 0 Å². The van der Waals surface area contributed by atoms with Crippen LogP contribution in [0.15, 0.2) is 24.3 Å². The van der Waals surface area contributed by atoms with Crippen molar-refractivity contribution < 1.29 is 28.5 Å². The average molecular weight is 413 g/mol. The predicted octanol–water partition coefficient (Wildman–Crippen LogP) is 2.28. The summed E-state index contributed by atoms with van der Waals surface area (Å²) in [5, 5.41) is 8.07. The number of anilines is 1. The van der Waals surface area contributed by atoms with Gasteiger partial charge in [0.2, 0.25) is 5.75 Å². The number of carbonyl (C=O) groups excluding carboxylic acids is 2. The molecule has 0 atom stereocenters. The van der Waals surface area contributed by atoms with Crippen LogP contribution in [0.1, 0.15) is 40.1 Å². The molecule has 158 valence electrons. The number of aromatic nitrogens is 2. The minimum Gasteiger partial charge on any atom is -0.493 e. The molecule has 0 saturated carbocycles. The number of benzene rings is 1. The van der Waals surface area contributed by atoms with Gasteiger partial charge in [0.05, 0.1) is 33.3 Å². The topological polar surface area (TPSA) is 100 Å². The molecule has 4 rings (SSSR count). The van der Waals surface area contributed by atoms with Crippen LogP contribution in [0.4, 0.5) is 5.82 Å². The zero-order valence-electron chi connectivity index (χ0n) is 17.1. The zero-order chi connectivity index (χ0) is 21.3. The van der Waals surface area contributed by atoms with Crippen LogP contribution in [0.3, 0.4) is 0 Å². The zero-order valence-corrected chi connectivity index (χ0v) is 17.1. The molecular formula is C21H23N3O6. The molecule has 9 heteroatoms. The van der Waals surface area contributed by atoms with Gasteiger partial charge in [-0.3, -0.25) is 4.79 Å². The third-order valence-electron chi connectivity index (χ3n) is 5.65. The maximum atomic E-state index is 12.9. The number of hydrogen-bond donors (Lipinski definition) is 0. The number of ether oxygens (including phenoxy) is 4. The number of nitrogens with zero attached hydrogens (tertiary/aromatic N) is 3. The molecule has 0 bridgehead atoms. The summed E-state index contributed by atoms with van der Waals surface area (Å²) >= 11 is 0. The van der Waals surface area contributed by atoms with Gasteiger partial charge in [-0.25, -0.2) is 4.79 Å². The summed E-state index contributed by atoms with van der Waals surface area (Å²) in [5.74, 6) is 1.59. The Bertz CT molecular complexity index is 967. The van der Waals surface area contributed by atoms with Crippen molar-refractivity contribution in [2.75, 3.05) is 39.3 Å². The smallest absolute Gasteiger partial charge is 0.358 e. The molecule has 30 heavy (non-hydrogen) atoms.